The van der Waals surface area contributed by atoms with Crippen LogP contribution >= 0.6 is 0 Å². The number of hydrogen-bond acceptors (Lipinski definition) is 2. The van der Waals surface area contributed by atoms with Crippen molar-refractivity contribution in [2.75, 3.05) is 0 Å². The number of aliphatic hydroxyl groups is 1. The molecular formula is C15H14F2O2. The molecule has 4 heteroatoms. The van der Waals surface area contributed by atoms with E-state index < -0.39 is 17.7 Å². The van der Waals surface area contributed by atoms with E-state index >= 15 is 0 Å². The molecule has 2 aromatic rings. The van der Waals surface area contributed by atoms with E-state index in [9.17, 15) is 13.9 Å². The van der Waals surface area contributed by atoms with Crippen molar-refractivity contribution in [3.05, 3.63) is 59.2 Å². The SMILES string of the molecule is Cc1cccc(Oc2c(F)cccc2C(C)O)c1F. The van der Waals surface area contributed by atoms with Gasteiger partial charge in [0.05, 0.1) is 6.10 Å². The van der Waals surface area contributed by atoms with E-state index in [0.29, 0.717) is 5.56 Å². The van der Waals surface area contributed by atoms with Crippen LogP contribution in [-0.2, 0) is 0 Å². The molecule has 0 heterocycles. The molecule has 0 aliphatic carbocycles. The summed E-state index contributed by atoms with van der Waals surface area (Å²) in [5.74, 6) is -1.39. The van der Waals surface area contributed by atoms with Crippen LogP contribution in [0.3, 0.4) is 0 Å². The van der Waals surface area contributed by atoms with Crippen molar-refractivity contribution in [2.24, 2.45) is 0 Å². The zero-order valence-electron chi connectivity index (χ0n) is 10.7. The smallest absolute Gasteiger partial charge is 0.168 e. The quantitative estimate of drug-likeness (QED) is 0.903. The molecule has 1 N–H and O–H groups in total. The molecular weight excluding hydrogens is 250 g/mol. The van der Waals surface area contributed by atoms with E-state index in [2.05, 4.69) is 0 Å². The third kappa shape index (κ3) is 2.74. The van der Waals surface area contributed by atoms with Crippen LogP contribution in [0, 0.1) is 18.6 Å². The van der Waals surface area contributed by atoms with Crippen molar-refractivity contribution < 1.29 is 18.6 Å². The lowest BCUT2D eigenvalue weighted by molar-refractivity contribution is 0.194. The fourth-order valence-corrected chi connectivity index (χ4v) is 1.77. The zero-order valence-corrected chi connectivity index (χ0v) is 10.7. The molecule has 2 rings (SSSR count). The Bertz CT molecular complexity index is 595. The minimum atomic E-state index is -0.904. The summed E-state index contributed by atoms with van der Waals surface area (Å²) in [5, 5.41) is 9.59. The maximum Gasteiger partial charge on any atom is 0.168 e. The first-order valence-corrected chi connectivity index (χ1v) is 5.90. The van der Waals surface area contributed by atoms with Gasteiger partial charge in [-0.15, -0.1) is 0 Å². The van der Waals surface area contributed by atoms with Gasteiger partial charge in [0.15, 0.2) is 23.1 Å². The Kier molecular flexibility index (Phi) is 3.81. The molecule has 0 fully saturated rings. The molecule has 1 unspecified atom stereocenters. The molecule has 0 aliphatic heterocycles. The Balaban J connectivity index is 2.46. The Hall–Kier alpha value is -1.94. The summed E-state index contributed by atoms with van der Waals surface area (Å²) in [6.07, 6.45) is -0.904. The van der Waals surface area contributed by atoms with E-state index in [1.165, 1.54) is 31.2 Å². The van der Waals surface area contributed by atoms with Crippen LogP contribution in [0.4, 0.5) is 8.78 Å². The minimum absolute atomic E-state index is 0.0630. The predicted octanol–water partition coefficient (Wildman–Crippen LogP) is 4.12. The summed E-state index contributed by atoms with van der Waals surface area (Å²) in [6, 6.07) is 8.85. The molecule has 1 atom stereocenters. The van der Waals surface area contributed by atoms with Gasteiger partial charge >= 0.3 is 0 Å². The second kappa shape index (κ2) is 5.36. The van der Waals surface area contributed by atoms with Crippen molar-refractivity contribution in [1.29, 1.82) is 0 Å². The normalized spacial score (nSPS) is 12.3. The number of aryl methyl sites for hydroxylation is 1. The molecule has 0 spiro atoms. The fraction of sp³-hybridized carbons (Fsp3) is 0.200. The van der Waals surface area contributed by atoms with Gasteiger partial charge < -0.3 is 9.84 Å². The van der Waals surface area contributed by atoms with Crippen LogP contribution < -0.4 is 4.74 Å². The predicted molar refractivity (Wildman–Crippen MR) is 68.2 cm³/mol. The second-order valence-electron chi connectivity index (χ2n) is 4.32. The summed E-state index contributed by atoms with van der Waals surface area (Å²) in [7, 11) is 0. The van der Waals surface area contributed by atoms with Gasteiger partial charge in [-0.05, 0) is 31.5 Å². The number of ether oxygens (including phenoxy) is 1. The third-order valence-corrected chi connectivity index (χ3v) is 2.82. The number of benzene rings is 2. The maximum atomic E-state index is 13.8. The Morgan fingerprint density at radius 1 is 1.11 bits per heavy atom. The lowest BCUT2D eigenvalue weighted by atomic mass is 10.1. The monoisotopic (exact) mass is 264 g/mol. The summed E-state index contributed by atoms with van der Waals surface area (Å²) in [6.45, 7) is 3.09. The zero-order chi connectivity index (χ0) is 14.0. The van der Waals surface area contributed by atoms with Crippen LogP contribution in [0.2, 0.25) is 0 Å². The van der Waals surface area contributed by atoms with Gasteiger partial charge in [-0.25, -0.2) is 8.78 Å². The molecule has 0 aliphatic rings. The van der Waals surface area contributed by atoms with Crippen molar-refractivity contribution >= 4 is 0 Å². The molecule has 19 heavy (non-hydrogen) atoms. The average Bonchev–Trinajstić information content (AvgIpc) is 2.36. The van der Waals surface area contributed by atoms with Gasteiger partial charge in [0.1, 0.15) is 0 Å². The van der Waals surface area contributed by atoms with E-state index in [0.717, 1.165) is 0 Å². The summed E-state index contributed by atoms with van der Waals surface area (Å²) < 4.78 is 32.9. The maximum absolute atomic E-state index is 13.8. The van der Waals surface area contributed by atoms with Crippen molar-refractivity contribution in [2.45, 2.75) is 20.0 Å². The number of aliphatic hydroxyl groups excluding tert-OH is 1. The molecule has 2 aromatic carbocycles. The lowest BCUT2D eigenvalue weighted by Gasteiger charge is -2.14. The largest absolute Gasteiger partial charge is 0.451 e. The van der Waals surface area contributed by atoms with Crippen LogP contribution in [0.15, 0.2) is 36.4 Å². The Labute approximate surface area is 110 Å². The first-order valence-electron chi connectivity index (χ1n) is 5.90. The molecule has 0 aromatic heterocycles. The first kappa shape index (κ1) is 13.5. The van der Waals surface area contributed by atoms with E-state index in [4.69, 9.17) is 4.74 Å². The number of para-hydroxylation sites is 1. The number of halogens is 2. The van der Waals surface area contributed by atoms with E-state index in [1.54, 1.807) is 19.1 Å². The molecule has 100 valence electrons. The minimum Gasteiger partial charge on any atom is -0.451 e. The van der Waals surface area contributed by atoms with Gasteiger partial charge in [0.2, 0.25) is 0 Å². The molecule has 0 amide bonds. The highest BCUT2D eigenvalue weighted by atomic mass is 19.1. The molecule has 0 radical (unpaired) electrons. The lowest BCUT2D eigenvalue weighted by Crippen LogP contribution is -2.00. The highest BCUT2D eigenvalue weighted by Gasteiger charge is 2.16. The average molecular weight is 264 g/mol. The summed E-state index contributed by atoms with van der Waals surface area (Å²) in [4.78, 5) is 0. The number of hydrogen-bond donors (Lipinski definition) is 1. The fourth-order valence-electron chi connectivity index (χ4n) is 1.77. The highest BCUT2D eigenvalue weighted by Crippen LogP contribution is 2.33. The standard InChI is InChI=1S/C15H14F2O2/c1-9-5-3-8-13(14(9)17)19-15-11(10(2)18)6-4-7-12(15)16/h3-8,10,18H,1-2H3. The van der Waals surface area contributed by atoms with Crippen LogP contribution in [-0.4, -0.2) is 5.11 Å². The Morgan fingerprint density at radius 2 is 1.79 bits per heavy atom. The van der Waals surface area contributed by atoms with Gasteiger partial charge in [0, 0.05) is 5.56 Å². The van der Waals surface area contributed by atoms with Crippen molar-refractivity contribution in [3.8, 4) is 11.5 Å². The van der Waals surface area contributed by atoms with Crippen molar-refractivity contribution in [3.63, 3.8) is 0 Å². The van der Waals surface area contributed by atoms with Gasteiger partial charge in [0.25, 0.3) is 0 Å². The van der Waals surface area contributed by atoms with Crippen molar-refractivity contribution in [1.82, 2.24) is 0 Å². The molecule has 0 saturated heterocycles. The number of rotatable bonds is 3. The Morgan fingerprint density at radius 3 is 2.47 bits per heavy atom. The highest BCUT2D eigenvalue weighted by molar-refractivity contribution is 5.41. The van der Waals surface area contributed by atoms with Crippen LogP contribution in [0.1, 0.15) is 24.2 Å². The second-order valence-corrected chi connectivity index (χ2v) is 4.32. The molecule has 2 nitrogen and oxygen atoms in total. The summed E-state index contributed by atoms with van der Waals surface area (Å²) in [5.41, 5.74) is 0.688. The first-order chi connectivity index (χ1) is 9.00. The topological polar surface area (TPSA) is 29.5 Å². The van der Waals surface area contributed by atoms with Gasteiger partial charge in [-0.2, -0.15) is 0 Å². The van der Waals surface area contributed by atoms with Gasteiger partial charge in [-0.3, -0.25) is 0 Å². The van der Waals surface area contributed by atoms with Crippen LogP contribution in [0.25, 0.3) is 0 Å². The van der Waals surface area contributed by atoms with E-state index in [-0.39, 0.29) is 17.1 Å². The van der Waals surface area contributed by atoms with Gasteiger partial charge in [-0.1, -0.05) is 24.3 Å². The molecule has 0 bridgehead atoms. The summed E-state index contributed by atoms with van der Waals surface area (Å²) >= 11 is 0. The van der Waals surface area contributed by atoms with E-state index in [1.807, 2.05) is 0 Å². The van der Waals surface area contributed by atoms with Crippen LogP contribution in [0.5, 0.6) is 11.5 Å². The molecule has 0 saturated carbocycles. The third-order valence-electron chi connectivity index (χ3n) is 2.82.